The summed E-state index contributed by atoms with van der Waals surface area (Å²) in [6, 6.07) is 15.2. The Balaban J connectivity index is 1.33. The highest BCUT2D eigenvalue weighted by atomic mass is 16.5. The zero-order valence-electron chi connectivity index (χ0n) is 12.6. The van der Waals surface area contributed by atoms with E-state index >= 15 is 0 Å². The van der Waals surface area contributed by atoms with E-state index in [9.17, 15) is 0 Å². The molecule has 2 heterocycles. The minimum absolute atomic E-state index is 0.520. The predicted molar refractivity (Wildman–Crippen MR) is 86.8 cm³/mol. The molecule has 1 aromatic heterocycles. The number of aryl methyl sites for hydroxylation is 1. The molecule has 0 N–H and O–H groups in total. The van der Waals surface area contributed by atoms with Gasteiger partial charge in [0, 0.05) is 31.9 Å². The van der Waals surface area contributed by atoms with Gasteiger partial charge in [-0.3, -0.25) is 9.58 Å². The first kappa shape index (κ1) is 13.3. The number of nitrogens with zero attached hydrogens (tertiary/aromatic N) is 3. The second-order valence-electron chi connectivity index (χ2n) is 5.93. The number of rotatable bonds is 5. The Hall–Kier alpha value is -2.33. The van der Waals surface area contributed by atoms with Crippen molar-refractivity contribution in [2.24, 2.45) is 7.05 Å². The van der Waals surface area contributed by atoms with Crippen molar-refractivity contribution < 1.29 is 4.74 Å². The van der Waals surface area contributed by atoms with E-state index in [1.54, 1.807) is 0 Å². The maximum atomic E-state index is 5.95. The average Bonchev–Trinajstić information content (AvgIpc) is 3.15. The fraction of sp³-hybridized carbons (Fsp3) is 0.278. The number of fused-ring (bicyclic) bond motifs is 1. The highest BCUT2D eigenvalue weighted by Gasteiger charge is 2.34. The van der Waals surface area contributed by atoms with Crippen LogP contribution in [0.1, 0.15) is 5.56 Å². The smallest absolute Gasteiger partial charge is 0.120 e. The van der Waals surface area contributed by atoms with Crippen LogP contribution in [0.25, 0.3) is 10.8 Å². The molecule has 4 heteroatoms. The van der Waals surface area contributed by atoms with Gasteiger partial charge in [-0.2, -0.15) is 5.10 Å². The van der Waals surface area contributed by atoms with Gasteiger partial charge in [0.1, 0.15) is 12.4 Å². The molecule has 0 amide bonds. The third-order valence-electron chi connectivity index (χ3n) is 4.14. The quantitative estimate of drug-likeness (QED) is 0.678. The Morgan fingerprint density at radius 2 is 2.05 bits per heavy atom. The number of hydrogen-bond donors (Lipinski definition) is 0. The maximum Gasteiger partial charge on any atom is 0.120 e. The third-order valence-corrected chi connectivity index (χ3v) is 4.14. The second kappa shape index (κ2) is 5.46. The minimum Gasteiger partial charge on any atom is -0.492 e. The van der Waals surface area contributed by atoms with E-state index in [1.807, 2.05) is 17.9 Å². The molecule has 0 bridgehead atoms. The lowest BCUT2D eigenvalue weighted by Gasteiger charge is -2.07. The monoisotopic (exact) mass is 293 g/mol. The highest BCUT2D eigenvalue weighted by Crippen LogP contribution is 2.24. The summed E-state index contributed by atoms with van der Waals surface area (Å²) in [6.45, 7) is 2.81. The Morgan fingerprint density at radius 3 is 2.86 bits per heavy atom. The molecule has 22 heavy (non-hydrogen) atoms. The van der Waals surface area contributed by atoms with Crippen LogP contribution in [0.4, 0.5) is 0 Å². The van der Waals surface area contributed by atoms with Gasteiger partial charge in [0.05, 0.1) is 12.2 Å². The van der Waals surface area contributed by atoms with E-state index in [1.165, 1.54) is 16.3 Å². The number of benzene rings is 2. The van der Waals surface area contributed by atoms with Crippen molar-refractivity contribution in [3.63, 3.8) is 0 Å². The standard InChI is InChI=1S/C18H19N3O/c1-20-10-14(9-19-20)11-21-12-17(21)13-22-18-7-6-15-4-2-3-5-16(15)8-18/h2-10,17H,11-13H2,1H3. The minimum atomic E-state index is 0.520. The van der Waals surface area contributed by atoms with Crippen molar-refractivity contribution in [3.05, 3.63) is 60.4 Å². The molecule has 1 aliphatic rings. The molecule has 1 aliphatic heterocycles. The van der Waals surface area contributed by atoms with Crippen LogP contribution in [-0.2, 0) is 13.6 Å². The van der Waals surface area contributed by atoms with Crippen LogP contribution in [0.15, 0.2) is 54.9 Å². The molecule has 0 saturated carbocycles. The third kappa shape index (κ3) is 2.83. The summed E-state index contributed by atoms with van der Waals surface area (Å²) in [5, 5.41) is 6.68. The zero-order chi connectivity index (χ0) is 14.9. The Morgan fingerprint density at radius 1 is 1.18 bits per heavy atom. The van der Waals surface area contributed by atoms with Gasteiger partial charge < -0.3 is 4.74 Å². The molecule has 1 fully saturated rings. The second-order valence-corrected chi connectivity index (χ2v) is 5.93. The van der Waals surface area contributed by atoms with E-state index in [2.05, 4.69) is 58.7 Å². The van der Waals surface area contributed by atoms with Gasteiger partial charge in [0.25, 0.3) is 0 Å². The molecule has 0 aliphatic carbocycles. The van der Waals surface area contributed by atoms with Crippen molar-refractivity contribution in [1.29, 1.82) is 0 Å². The van der Waals surface area contributed by atoms with E-state index in [-0.39, 0.29) is 0 Å². The van der Waals surface area contributed by atoms with Crippen LogP contribution in [0.2, 0.25) is 0 Å². The summed E-state index contributed by atoms with van der Waals surface area (Å²) in [5.74, 6) is 0.951. The van der Waals surface area contributed by atoms with E-state index in [0.717, 1.165) is 25.4 Å². The Bertz CT molecular complexity index is 796. The predicted octanol–water partition coefficient (Wildman–Crippen LogP) is 2.84. The summed E-state index contributed by atoms with van der Waals surface area (Å²) in [4.78, 5) is 2.40. The highest BCUT2D eigenvalue weighted by molar-refractivity contribution is 5.83. The first-order valence-corrected chi connectivity index (χ1v) is 7.61. The van der Waals surface area contributed by atoms with Crippen LogP contribution in [0.3, 0.4) is 0 Å². The molecule has 2 aromatic carbocycles. The van der Waals surface area contributed by atoms with Crippen LogP contribution < -0.4 is 4.74 Å². The van der Waals surface area contributed by atoms with Crippen molar-refractivity contribution in [3.8, 4) is 5.75 Å². The molecular formula is C18H19N3O. The lowest BCUT2D eigenvalue weighted by atomic mass is 10.1. The van der Waals surface area contributed by atoms with E-state index in [0.29, 0.717) is 6.04 Å². The first-order valence-electron chi connectivity index (χ1n) is 7.61. The van der Waals surface area contributed by atoms with Gasteiger partial charge in [-0.15, -0.1) is 0 Å². The summed E-state index contributed by atoms with van der Waals surface area (Å²) in [6.07, 6.45) is 4.00. The topological polar surface area (TPSA) is 30.1 Å². The van der Waals surface area contributed by atoms with Gasteiger partial charge in [0.2, 0.25) is 0 Å². The first-order chi connectivity index (χ1) is 10.8. The molecule has 0 spiro atoms. The average molecular weight is 293 g/mol. The maximum absolute atomic E-state index is 5.95. The van der Waals surface area contributed by atoms with Crippen molar-refractivity contribution in [1.82, 2.24) is 14.7 Å². The van der Waals surface area contributed by atoms with Crippen molar-refractivity contribution in [2.75, 3.05) is 13.2 Å². The fourth-order valence-electron chi connectivity index (χ4n) is 2.81. The van der Waals surface area contributed by atoms with Crippen LogP contribution in [-0.4, -0.2) is 33.9 Å². The molecule has 2 atom stereocenters. The SMILES string of the molecule is Cn1cc(CN2CC2COc2ccc3ccccc3c2)cn1. The van der Waals surface area contributed by atoms with Gasteiger partial charge in [-0.25, -0.2) is 0 Å². The van der Waals surface area contributed by atoms with E-state index < -0.39 is 0 Å². The molecule has 2 unspecified atom stereocenters. The van der Waals surface area contributed by atoms with Crippen molar-refractivity contribution >= 4 is 10.8 Å². The molecule has 0 radical (unpaired) electrons. The Kier molecular flexibility index (Phi) is 3.31. The van der Waals surface area contributed by atoms with Gasteiger partial charge >= 0.3 is 0 Å². The number of aromatic nitrogens is 2. The molecule has 4 nitrogen and oxygen atoms in total. The van der Waals surface area contributed by atoms with Crippen LogP contribution in [0, 0.1) is 0 Å². The fourth-order valence-corrected chi connectivity index (χ4v) is 2.81. The van der Waals surface area contributed by atoms with Gasteiger partial charge in [-0.1, -0.05) is 30.3 Å². The molecule has 3 aromatic rings. The van der Waals surface area contributed by atoms with Crippen LogP contribution in [0.5, 0.6) is 5.75 Å². The zero-order valence-corrected chi connectivity index (χ0v) is 12.6. The summed E-state index contributed by atoms with van der Waals surface area (Å²) in [7, 11) is 1.95. The molecular weight excluding hydrogens is 274 g/mol. The van der Waals surface area contributed by atoms with Gasteiger partial charge in [-0.05, 0) is 22.9 Å². The summed E-state index contributed by atoms with van der Waals surface area (Å²) < 4.78 is 7.80. The lowest BCUT2D eigenvalue weighted by Crippen LogP contribution is -2.10. The van der Waals surface area contributed by atoms with Crippen molar-refractivity contribution in [2.45, 2.75) is 12.6 Å². The number of ether oxygens (including phenoxy) is 1. The molecule has 112 valence electrons. The van der Waals surface area contributed by atoms with E-state index in [4.69, 9.17) is 4.74 Å². The molecule has 4 rings (SSSR count). The summed E-state index contributed by atoms with van der Waals surface area (Å²) in [5.41, 5.74) is 1.26. The van der Waals surface area contributed by atoms with Crippen LogP contribution >= 0.6 is 0 Å². The van der Waals surface area contributed by atoms with Gasteiger partial charge in [0.15, 0.2) is 0 Å². The number of hydrogen-bond acceptors (Lipinski definition) is 3. The molecule has 1 saturated heterocycles. The lowest BCUT2D eigenvalue weighted by molar-refractivity contribution is 0.293. The summed E-state index contributed by atoms with van der Waals surface area (Å²) >= 11 is 0. The normalized spacial score (nSPS) is 20.2. The Labute approximate surface area is 129 Å². The largest absolute Gasteiger partial charge is 0.492 e.